The molecular formula is C23H22Cl2N2O5S. The van der Waals surface area contributed by atoms with E-state index in [0.29, 0.717) is 10.8 Å². The number of aryl methyl sites for hydroxylation is 1. The lowest BCUT2D eigenvalue weighted by molar-refractivity contribution is -0.114. The first-order valence-electron chi connectivity index (χ1n) is 9.72. The summed E-state index contributed by atoms with van der Waals surface area (Å²) in [5.41, 5.74) is 1.26. The Morgan fingerprint density at radius 3 is 2.30 bits per heavy atom. The van der Waals surface area contributed by atoms with E-state index in [0.717, 1.165) is 9.87 Å². The molecule has 3 aromatic rings. The van der Waals surface area contributed by atoms with Gasteiger partial charge in [-0.3, -0.25) is 9.10 Å². The lowest BCUT2D eigenvalue weighted by Gasteiger charge is -2.25. The highest BCUT2D eigenvalue weighted by molar-refractivity contribution is 7.93. The van der Waals surface area contributed by atoms with Crippen molar-refractivity contribution in [3.8, 4) is 11.5 Å². The molecule has 0 heterocycles. The fourth-order valence-corrected chi connectivity index (χ4v) is 5.08. The van der Waals surface area contributed by atoms with Crippen molar-refractivity contribution < 1.29 is 22.7 Å². The number of ether oxygens (including phenoxy) is 2. The Bertz CT molecular complexity index is 1260. The number of methoxy groups -OCH3 is 2. The molecule has 3 rings (SSSR count). The van der Waals surface area contributed by atoms with Crippen molar-refractivity contribution in [1.82, 2.24) is 0 Å². The number of sulfonamides is 1. The SMILES string of the molecule is COc1ccc(N(CC(=O)Nc2cc(Cl)ccc2Cl)S(=O)(=O)c2cc(C)ccc2OC)cc1. The first-order chi connectivity index (χ1) is 15.6. The zero-order chi connectivity index (χ0) is 24.2. The van der Waals surface area contributed by atoms with Gasteiger partial charge in [0.15, 0.2) is 0 Å². The van der Waals surface area contributed by atoms with Gasteiger partial charge < -0.3 is 14.8 Å². The smallest absolute Gasteiger partial charge is 0.268 e. The molecule has 0 saturated heterocycles. The number of hydrogen-bond acceptors (Lipinski definition) is 5. The molecule has 0 aromatic heterocycles. The van der Waals surface area contributed by atoms with Crippen molar-refractivity contribution in [2.45, 2.75) is 11.8 Å². The summed E-state index contributed by atoms with van der Waals surface area (Å²) in [6.45, 7) is 1.25. The predicted molar refractivity (Wildman–Crippen MR) is 130 cm³/mol. The van der Waals surface area contributed by atoms with Gasteiger partial charge in [-0.2, -0.15) is 0 Å². The minimum atomic E-state index is -4.20. The molecule has 0 atom stereocenters. The lowest BCUT2D eigenvalue weighted by Crippen LogP contribution is -2.38. The van der Waals surface area contributed by atoms with Crippen molar-refractivity contribution in [1.29, 1.82) is 0 Å². The Morgan fingerprint density at radius 1 is 0.970 bits per heavy atom. The number of rotatable bonds is 8. The molecule has 0 fully saturated rings. The number of anilines is 2. The van der Waals surface area contributed by atoms with Gasteiger partial charge in [-0.1, -0.05) is 29.3 Å². The lowest BCUT2D eigenvalue weighted by atomic mass is 10.2. The third-order valence-electron chi connectivity index (χ3n) is 4.74. The van der Waals surface area contributed by atoms with E-state index < -0.39 is 22.5 Å². The Labute approximate surface area is 202 Å². The molecular weight excluding hydrogens is 487 g/mol. The topological polar surface area (TPSA) is 84.9 Å². The molecule has 0 bridgehead atoms. The van der Waals surface area contributed by atoms with Crippen molar-refractivity contribution in [3.63, 3.8) is 0 Å². The van der Waals surface area contributed by atoms with Crippen LogP contribution < -0.4 is 19.1 Å². The maximum atomic E-state index is 13.7. The summed E-state index contributed by atoms with van der Waals surface area (Å²) >= 11 is 12.1. The fourth-order valence-electron chi connectivity index (χ4n) is 3.08. The summed E-state index contributed by atoms with van der Waals surface area (Å²) in [5.74, 6) is 0.0991. The van der Waals surface area contributed by atoms with Crippen LogP contribution in [0.2, 0.25) is 10.0 Å². The molecule has 0 saturated carbocycles. The van der Waals surface area contributed by atoms with Crippen molar-refractivity contribution in [2.24, 2.45) is 0 Å². The van der Waals surface area contributed by atoms with Gasteiger partial charge in [-0.05, 0) is 67.1 Å². The molecule has 174 valence electrons. The summed E-state index contributed by atoms with van der Waals surface area (Å²) in [6, 6.07) is 15.7. The van der Waals surface area contributed by atoms with Crippen LogP contribution in [0.1, 0.15) is 5.56 Å². The molecule has 0 aliphatic heterocycles. The summed E-state index contributed by atoms with van der Waals surface area (Å²) in [5, 5.41) is 3.26. The van der Waals surface area contributed by atoms with Gasteiger partial charge in [0.1, 0.15) is 22.9 Å². The van der Waals surface area contributed by atoms with E-state index in [1.165, 1.54) is 32.4 Å². The molecule has 0 radical (unpaired) electrons. The fraction of sp³-hybridized carbons (Fsp3) is 0.174. The largest absolute Gasteiger partial charge is 0.497 e. The highest BCUT2D eigenvalue weighted by Gasteiger charge is 2.30. The van der Waals surface area contributed by atoms with Gasteiger partial charge in [0.25, 0.3) is 10.0 Å². The Morgan fingerprint density at radius 2 is 1.67 bits per heavy atom. The third kappa shape index (κ3) is 5.71. The quantitative estimate of drug-likeness (QED) is 0.454. The maximum absolute atomic E-state index is 13.7. The molecule has 0 aliphatic carbocycles. The van der Waals surface area contributed by atoms with E-state index in [2.05, 4.69) is 5.32 Å². The molecule has 10 heteroatoms. The van der Waals surface area contributed by atoms with Crippen LogP contribution in [-0.4, -0.2) is 35.1 Å². The number of nitrogens with one attached hydrogen (secondary N) is 1. The molecule has 33 heavy (non-hydrogen) atoms. The van der Waals surface area contributed by atoms with Crippen LogP contribution in [0, 0.1) is 6.92 Å². The van der Waals surface area contributed by atoms with Gasteiger partial charge in [0.2, 0.25) is 5.91 Å². The second-order valence-electron chi connectivity index (χ2n) is 7.04. The summed E-state index contributed by atoms with van der Waals surface area (Å²) in [4.78, 5) is 12.8. The Balaban J connectivity index is 2.03. The van der Waals surface area contributed by atoms with Crippen LogP contribution >= 0.6 is 23.2 Å². The van der Waals surface area contributed by atoms with Crippen LogP contribution in [0.15, 0.2) is 65.6 Å². The molecule has 0 unspecified atom stereocenters. The van der Waals surface area contributed by atoms with E-state index >= 15 is 0 Å². The van der Waals surface area contributed by atoms with Crippen LogP contribution in [0.3, 0.4) is 0 Å². The van der Waals surface area contributed by atoms with E-state index in [1.54, 1.807) is 49.4 Å². The second-order valence-corrected chi connectivity index (χ2v) is 9.71. The molecule has 0 spiro atoms. The van der Waals surface area contributed by atoms with E-state index in [-0.39, 0.29) is 27.0 Å². The third-order valence-corrected chi connectivity index (χ3v) is 7.10. The van der Waals surface area contributed by atoms with Gasteiger partial charge in [0, 0.05) is 5.02 Å². The van der Waals surface area contributed by atoms with E-state index in [1.807, 2.05) is 0 Å². The van der Waals surface area contributed by atoms with Crippen LogP contribution in [0.4, 0.5) is 11.4 Å². The van der Waals surface area contributed by atoms with Crippen molar-refractivity contribution >= 4 is 50.5 Å². The predicted octanol–water partition coefficient (Wildman–Crippen LogP) is 5.15. The van der Waals surface area contributed by atoms with Gasteiger partial charge in [-0.25, -0.2) is 8.42 Å². The number of amides is 1. The number of hydrogen-bond donors (Lipinski definition) is 1. The number of carbonyl (C=O) groups excluding carboxylic acids is 1. The van der Waals surface area contributed by atoms with Crippen molar-refractivity contribution in [3.05, 3.63) is 76.3 Å². The van der Waals surface area contributed by atoms with Gasteiger partial charge in [0.05, 0.1) is 30.6 Å². The Kier molecular flexibility index (Phi) is 7.73. The van der Waals surface area contributed by atoms with Crippen LogP contribution in [0.5, 0.6) is 11.5 Å². The first kappa shape index (κ1) is 24.7. The summed E-state index contributed by atoms with van der Waals surface area (Å²) in [7, 11) is -1.31. The molecule has 7 nitrogen and oxygen atoms in total. The van der Waals surface area contributed by atoms with Gasteiger partial charge in [-0.15, -0.1) is 0 Å². The minimum Gasteiger partial charge on any atom is -0.497 e. The standard InChI is InChI=1S/C23H22Cl2N2O5S/c1-15-4-11-21(32-3)22(12-15)33(29,30)27(17-6-8-18(31-2)9-7-17)14-23(28)26-20-13-16(24)5-10-19(20)25/h4-13H,14H2,1-3H3,(H,26,28). The second kappa shape index (κ2) is 10.3. The number of halogens is 2. The normalized spacial score (nSPS) is 11.1. The van der Waals surface area contributed by atoms with Crippen molar-refractivity contribution in [2.75, 3.05) is 30.4 Å². The van der Waals surface area contributed by atoms with Crippen LogP contribution in [-0.2, 0) is 14.8 Å². The maximum Gasteiger partial charge on any atom is 0.268 e. The van der Waals surface area contributed by atoms with E-state index in [9.17, 15) is 13.2 Å². The minimum absolute atomic E-state index is 0.0607. The molecule has 1 N–H and O–H groups in total. The highest BCUT2D eigenvalue weighted by Crippen LogP contribution is 2.32. The average molecular weight is 509 g/mol. The highest BCUT2D eigenvalue weighted by atomic mass is 35.5. The molecule has 1 amide bonds. The number of carbonyl (C=O) groups is 1. The summed E-state index contributed by atoms with van der Waals surface area (Å²) < 4.78 is 38.9. The number of benzene rings is 3. The molecule has 0 aliphatic rings. The van der Waals surface area contributed by atoms with Crippen LogP contribution in [0.25, 0.3) is 0 Å². The number of nitrogens with zero attached hydrogens (tertiary/aromatic N) is 1. The Hall–Kier alpha value is -2.94. The average Bonchev–Trinajstić information content (AvgIpc) is 2.80. The van der Waals surface area contributed by atoms with Gasteiger partial charge >= 0.3 is 0 Å². The first-order valence-corrected chi connectivity index (χ1v) is 11.9. The zero-order valence-electron chi connectivity index (χ0n) is 18.1. The zero-order valence-corrected chi connectivity index (χ0v) is 20.5. The van der Waals surface area contributed by atoms with E-state index in [4.69, 9.17) is 32.7 Å². The molecule has 3 aromatic carbocycles. The summed E-state index contributed by atoms with van der Waals surface area (Å²) in [6.07, 6.45) is 0. The monoisotopic (exact) mass is 508 g/mol.